The van der Waals surface area contributed by atoms with E-state index in [9.17, 15) is 14.9 Å². The second kappa shape index (κ2) is 5.60. The molecule has 0 fully saturated rings. The number of nitrogens with two attached hydrogens (primary N) is 1. The Hall–Kier alpha value is -3.92. The molecule has 0 bridgehead atoms. The molecule has 1 aromatic heterocycles. The number of aromatic amines is 1. The van der Waals surface area contributed by atoms with Crippen LogP contribution in [0.4, 0.5) is 22.9 Å². The molecular weight excluding hydrogens is 290 g/mol. The Kier molecular flexibility index (Phi) is 3.69. The van der Waals surface area contributed by atoms with E-state index < -0.39 is 16.2 Å². The second-order valence-corrected chi connectivity index (χ2v) is 4.01. The second-order valence-electron chi connectivity index (χ2n) is 4.01. The van der Waals surface area contributed by atoms with Gasteiger partial charge in [-0.05, 0) is 6.07 Å². The monoisotopic (exact) mass is 297 g/mol. The number of H-pyrrole nitrogens is 1. The van der Waals surface area contributed by atoms with Crippen molar-refractivity contribution in [1.29, 1.82) is 10.5 Å². The third-order valence-corrected chi connectivity index (χ3v) is 2.72. The van der Waals surface area contributed by atoms with Gasteiger partial charge >= 0.3 is 0 Å². The number of nitrogens with zero attached hydrogens (tertiary/aromatic N) is 4. The summed E-state index contributed by atoms with van der Waals surface area (Å²) in [5, 5.41) is 31.4. The molecule has 2 rings (SSSR count). The summed E-state index contributed by atoms with van der Waals surface area (Å²) in [6, 6.07) is 5.49. The van der Waals surface area contributed by atoms with Gasteiger partial charge in [0.05, 0.1) is 22.4 Å². The zero-order valence-corrected chi connectivity index (χ0v) is 10.8. The number of nitrogen functional groups attached to an aromatic ring is 1. The van der Waals surface area contributed by atoms with Gasteiger partial charge in [-0.1, -0.05) is 0 Å². The van der Waals surface area contributed by atoms with E-state index in [2.05, 4.69) is 15.3 Å². The van der Waals surface area contributed by atoms with Crippen LogP contribution in [0.1, 0.15) is 11.1 Å². The molecule has 0 aliphatic carbocycles. The van der Waals surface area contributed by atoms with Crippen LogP contribution in [-0.2, 0) is 0 Å². The van der Waals surface area contributed by atoms with E-state index >= 15 is 0 Å². The Morgan fingerprint density at radius 2 is 1.95 bits per heavy atom. The Bertz CT molecular complexity index is 904. The standard InChI is InChI=1S/C12H7N7O3/c13-3-6-1-8(9(19(21)22)2-7(6)4-14)18-10-11(15)16-5-17-12(10)20/h1-2,5,18H,(H3,15,16,17,20). The smallest absolute Gasteiger partial charge is 0.294 e. The Morgan fingerprint density at radius 1 is 1.32 bits per heavy atom. The minimum Gasteiger partial charge on any atom is -0.382 e. The molecule has 10 heteroatoms. The molecule has 1 heterocycles. The minimum absolute atomic E-state index is 0.0745. The molecule has 0 aliphatic rings. The summed E-state index contributed by atoms with van der Waals surface area (Å²) in [7, 11) is 0. The molecular formula is C12H7N7O3. The highest BCUT2D eigenvalue weighted by Gasteiger charge is 2.20. The highest BCUT2D eigenvalue weighted by atomic mass is 16.6. The first-order valence-electron chi connectivity index (χ1n) is 5.70. The number of hydrogen-bond acceptors (Lipinski definition) is 8. The van der Waals surface area contributed by atoms with Gasteiger partial charge < -0.3 is 16.0 Å². The fourth-order valence-electron chi connectivity index (χ4n) is 1.69. The molecule has 0 amide bonds. The molecule has 10 nitrogen and oxygen atoms in total. The van der Waals surface area contributed by atoms with E-state index in [1.165, 1.54) is 0 Å². The van der Waals surface area contributed by atoms with Crippen molar-refractivity contribution in [1.82, 2.24) is 9.97 Å². The van der Waals surface area contributed by atoms with Crippen molar-refractivity contribution in [2.24, 2.45) is 0 Å². The number of rotatable bonds is 3. The highest BCUT2D eigenvalue weighted by molar-refractivity contribution is 5.77. The van der Waals surface area contributed by atoms with Crippen molar-refractivity contribution in [2.75, 3.05) is 11.1 Å². The summed E-state index contributed by atoms with van der Waals surface area (Å²) in [4.78, 5) is 27.9. The maximum absolute atomic E-state index is 11.7. The van der Waals surface area contributed by atoms with Gasteiger partial charge in [-0.25, -0.2) is 4.98 Å². The molecule has 0 aliphatic heterocycles. The quantitative estimate of drug-likeness (QED) is 0.549. The Balaban J connectivity index is 2.65. The van der Waals surface area contributed by atoms with Crippen LogP contribution in [0.3, 0.4) is 0 Å². The average molecular weight is 297 g/mol. The summed E-state index contributed by atoms with van der Waals surface area (Å²) in [5.41, 5.74) is 3.87. The van der Waals surface area contributed by atoms with Crippen molar-refractivity contribution in [3.8, 4) is 12.1 Å². The molecule has 4 N–H and O–H groups in total. The topological polar surface area (TPSA) is 175 Å². The van der Waals surface area contributed by atoms with Crippen molar-refractivity contribution in [2.45, 2.75) is 0 Å². The SMILES string of the molecule is N#Cc1cc(Nc2c(N)nc[nH]c2=O)c([N+](=O)[O-])cc1C#N. The van der Waals surface area contributed by atoms with E-state index in [1.54, 1.807) is 12.1 Å². The summed E-state index contributed by atoms with van der Waals surface area (Å²) in [5.74, 6) is -0.166. The lowest BCUT2D eigenvalue weighted by Gasteiger charge is -2.08. The van der Waals surface area contributed by atoms with Crippen LogP contribution in [-0.4, -0.2) is 14.9 Å². The molecule has 0 spiro atoms. The van der Waals surface area contributed by atoms with Gasteiger partial charge in [-0.15, -0.1) is 0 Å². The van der Waals surface area contributed by atoms with E-state index in [0.717, 1.165) is 18.5 Å². The highest BCUT2D eigenvalue weighted by Crippen LogP contribution is 2.30. The van der Waals surface area contributed by atoms with Crippen molar-refractivity contribution in [3.63, 3.8) is 0 Å². The van der Waals surface area contributed by atoms with Gasteiger partial charge in [0.15, 0.2) is 5.82 Å². The third kappa shape index (κ3) is 2.52. The van der Waals surface area contributed by atoms with E-state index in [-0.39, 0.29) is 28.3 Å². The molecule has 0 saturated carbocycles. The fourth-order valence-corrected chi connectivity index (χ4v) is 1.69. The number of nitro groups is 1. The normalized spacial score (nSPS) is 9.55. The molecule has 0 radical (unpaired) electrons. The predicted octanol–water partition coefficient (Wildman–Crippen LogP) is 0.747. The van der Waals surface area contributed by atoms with Gasteiger partial charge in [-0.2, -0.15) is 10.5 Å². The molecule has 108 valence electrons. The number of aromatic nitrogens is 2. The first-order valence-corrected chi connectivity index (χ1v) is 5.70. The van der Waals surface area contributed by atoms with Crippen molar-refractivity contribution < 1.29 is 4.92 Å². The summed E-state index contributed by atoms with van der Waals surface area (Å²) in [6.07, 6.45) is 1.08. The van der Waals surface area contributed by atoms with Crippen LogP contribution >= 0.6 is 0 Å². The van der Waals surface area contributed by atoms with Gasteiger partial charge in [-0.3, -0.25) is 14.9 Å². The summed E-state index contributed by atoms with van der Waals surface area (Å²) in [6.45, 7) is 0. The molecule has 22 heavy (non-hydrogen) atoms. The van der Waals surface area contributed by atoms with Gasteiger partial charge in [0, 0.05) is 6.07 Å². The largest absolute Gasteiger partial charge is 0.382 e. The molecule has 2 aromatic rings. The number of nitro benzene ring substituents is 1. The lowest BCUT2D eigenvalue weighted by molar-refractivity contribution is -0.383. The van der Waals surface area contributed by atoms with Gasteiger partial charge in [0.2, 0.25) is 0 Å². The van der Waals surface area contributed by atoms with E-state index in [4.69, 9.17) is 16.3 Å². The lowest BCUT2D eigenvalue weighted by Crippen LogP contribution is -2.15. The average Bonchev–Trinajstić information content (AvgIpc) is 2.50. The predicted molar refractivity (Wildman–Crippen MR) is 75.1 cm³/mol. The maximum Gasteiger partial charge on any atom is 0.294 e. The Labute approximate surface area is 122 Å². The number of benzene rings is 1. The molecule has 1 aromatic carbocycles. The zero-order chi connectivity index (χ0) is 16.3. The number of hydrogen-bond donors (Lipinski definition) is 3. The van der Waals surface area contributed by atoms with Crippen LogP contribution in [0.25, 0.3) is 0 Å². The number of nitrogens with one attached hydrogen (secondary N) is 2. The van der Waals surface area contributed by atoms with Crippen molar-refractivity contribution in [3.05, 3.63) is 50.1 Å². The lowest BCUT2D eigenvalue weighted by atomic mass is 10.1. The molecule has 0 atom stereocenters. The minimum atomic E-state index is -0.745. The molecule has 0 unspecified atom stereocenters. The van der Waals surface area contributed by atoms with Crippen LogP contribution in [0, 0.1) is 32.8 Å². The van der Waals surface area contributed by atoms with E-state index in [0.29, 0.717) is 0 Å². The van der Waals surface area contributed by atoms with Crippen LogP contribution in [0.15, 0.2) is 23.3 Å². The van der Waals surface area contributed by atoms with Crippen LogP contribution < -0.4 is 16.6 Å². The van der Waals surface area contributed by atoms with Crippen molar-refractivity contribution >= 4 is 22.9 Å². The van der Waals surface area contributed by atoms with Gasteiger partial charge in [0.1, 0.15) is 23.5 Å². The summed E-state index contributed by atoms with van der Waals surface area (Å²) < 4.78 is 0. The third-order valence-electron chi connectivity index (χ3n) is 2.72. The van der Waals surface area contributed by atoms with E-state index in [1.807, 2.05) is 0 Å². The van der Waals surface area contributed by atoms with Crippen LogP contribution in [0.5, 0.6) is 0 Å². The molecule has 0 saturated heterocycles. The fraction of sp³-hybridized carbons (Fsp3) is 0. The van der Waals surface area contributed by atoms with Gasteiger partial charge in [0.25, 0.3) is 11.2 Å². The Morgan fingerprint density at radius 3 is 2.50 bits per heavy atom. The first-order chi connectivity index (χ1) is 10.5. The summed E-state index contributed by atoms with van der Waals surface area (Å²) >= 11 is 0. The van der Waals surface area contributed by atoms with Crippen LogP contribution in [0.2, 0.25) is 0 Å². The zero-order valence-electron chi connectivity index (χ0n) is 10.8. The number of nitriles is 2. The first kappa shape index (κ1) is 14.5. The number of anilines is 3. The maximum atomic E-state index is 11.7.